The first-order chi connectivity index (χ1) is 8.81. The third-order valence-electron chi connectivity index (χ3n) is 3.20. The number of aromatic nitrogens is 1. The first-order valence-electron chi connectivity index (χ1n) is 6.22. The molecule has 0 aliphatic heterocycles. The zero-order valence-corrected chi connectivity index (χ0v) is 10.6. The van der Waals surface area contributed by atoms with E-state index in [0.29, 0.717) is 0 Å². The van der Waals surface area contributed by atoms with Crippen LogP contribution in [0.2, 0.25) is 0 Å². The average Bonchev–Trinajstić information content (AvgIpc) is 2.42. The van der Waals surface area contributed by atoms with Gasteiger partial charge in [-0.05, 0) is 42.5 Å². The highest BCUT2D eigenvalue weighted by molar-refractivity contribution is 5.25. The average molecular weight is 241 g/mol. The molecule has 18 heavy (non-hydrogen) atoms. The van der Waals surface area contributed by atoms with Gasteiger partial charge in [-0.2, -0.15) is 0 Å². The van der Waals surface area contributed by atoms with Crippen LogP contribution in [0.5, 0.6) is 0 Å². The van der Waals surface area contributed by atoms with Crippen LogP contribution in [-0.2, 0) is 6.42 Å². The number of benzene rings is 1. The Kier molecular flexibility index (Phi) is 4.45. The number of hydrogen-bond donors (Lipinski definition) is 2. The molecular weight excluding hydrogens is 222 g/mol. The molecule has 1 unspecified atom stereocenters. The lowest BCUT2D eigenvalue weighted by atomic mass is 9.97. The second kappa shape index (κ2) is 6.28. The highest BCUT2D eigenvalue weighted by Gasteiger charge is 2.11. The van der Waals surface area contributed by atoms with Gasteiger partial charge in [0.25, 0.3) is 0 Å². The molecule has 0 spiro atoms. The summed E-state index contributed by atoms with van der Waals surface area (Å²) in [6.45, 7) is 2.06. The van der Waals surface area contributed by atoms with Gasteiger partial charge in [-0.15, -0.1) is 0 Å². The van der Waals surface area contributed by atoms with Crippen LogP contribution in [0.15, 0.2) is 48.8 Å². The molecule has 0 radical (unpaired) electrons. The highest BCUT2D eigenvalue weighted by Crippen LogP contribution is 2.20. The lowest BCUT2D eigenvalue weighted by molar-refractivity contribution is 0.513. The van der Waals surface area contributed by atoms with E-state index in [1.54, 1.807) is 0 Å². The number of hydrogen-bond acceptors (Lipinski definition) is 3. The number of aryl methyl sites for hydroxylation is 2. The highest BCUT2D eigenvalue weighted by atomic mass is 15.2. The molecule has 0 amide bonds. The van der Waals surface area contributed by atoms with Crippen molar-refractivity contribution in [2.24, 2.45) is 5.84 Å². The second-order valence-electron chi connectivity index (χ2n) is 4.48. The molecule has 2 rings (SSSR count). The van der Waals surface area contributed by atoms with E-state index in [2.05, 4.69) is 41.6 Å². The number of pyridine rings is 1. The molecule has 0 aliphatic rings. The number of nitrogens with one attached hydrogen (secondary N) is 1. The molecule has 0 fully saturated rings. The van der Waals surface area contributed by atoms with Crippen LogP contribution in [0.1, 0.15) is 29.2 Å². The second-order valence-corrected chi connectivity index (χ2v) is 4.48. The van der Waals surface area contributed by atoms with Crippen molar-refractivity contribution >= 4 is 0 Å². The normalized spacial score (nSPS) is 12.3. The van der Waals surface area contributed by atoms with Crippen molar-refractivity contribution in [3.8, 4) is 0 Å². The van der Waals surface area contributed by atoms with Crippen LogP contribution in [0.4, 0.5) is 0 Å². The molecule has 0 saturated carbocycles. The fourth-order valence-corrected chi connectivity index (χ4v) is 2.16. The van der Waals surface area contributed by atoms with E-state index in [4.69, 9.17) is 5.84 Å². The van der Waals surface area contributed by atoms with Crippen molar-refractivity contribution in [3.05, 3.63) is 65.5 Å². The van der Waals surface area contributed by atoms with E-state index in [-0.39, 0.29) is 6.04 Å². The molecule has 1 aromatic carbocycles. The zero-order chi connectivity index (χ0) is 12.8. The maximum atomic E-state index is 5.67. The van der Waals surface area contributed by atoms with Gasteiger partial charge in [0.1, 0.15) is 0 Å². The summed E-state index contributed by atoms with van der Waals surface area (Å²) in [5.41, 5.74) is 6.64. The van der Waals surface area contributed by atoms with E-state index in [9.17, 15) is 0 Å². The zero-order valence-electron chi connectivity index (χ0n) is 10.6. The Hall–Kier alpha value is -1.71. The van der Waals surface area contributed by atoms with Gasteiger partial charge in [0, 0.05) is 18.4 Å². The topological polar surface area (TPSA) is 50.9 Å². The van der Waals surface area contributed by atoms with Crippen LogP contribution in [-0.4, -0.2) is 4.98 Å². The summed E-state index contributed by atoms with van der Waals surface area (Å²) in [6, 6.07) is 12.7. The molecular formula is C15H19N3. The maximum Gasteiger partial charge on any atom is 0.0466 e. The van der Waals surface area contributed by atoms with Gasteiger partial charge in [0.15, 0.2) is 0 Å². The quantitative estimate of drug-likeness (QED) is 0.624. The molecule has 3 nitrogen and oxygen atoms in total. The Bertz CT molecular complexity index is 482. The Balaban J connectivity index is 2.04. The lowest BCUT2D eigenvalue weighted by Gasteiger charge is -2.18. The Morgan fingerprint density at radius 1 is 1.22 bits per heavy atom. The summed E-state index contributed by atoms with van der Waals surface area (Å²) in [6.07, 6.45) is 5.68. The lowest BCUT2D eigenvalue weighted by Crippen LogP contribution is -2.29. The van der Waals surface area contributed by atoms with E-state index >= 15 is 0 Å². The van der Waals surface area contributed by atoms with Crippen molar-refractivity contribution in [3.63, 3.8) is 0 Å². The number of hydrazine groups is 1. The van der Waals surface area contributed by atoms with Crippen molar-refractivity contribution in [2.75, 3.05) is 0 Å². The number of rotatable bonds is 5. The molecule has 0 bridgehead atoms. The van der Waals surface area contributed by atoms with Crippen molar-refractivity contribution in [2.45, 2.75) is 25.8 Å². The van der Waals surface area contributed by atoms with Gasteiger partial charge in [0.2, 0.25) is 0 Å². The number of nitrogens with zero attached hydrogens (tertiary/aromatic N) is 1. The Morgan fingerprint density at radius 3 is 2.67 bits per heavy atom. The minimum atomic E-state index is 0.174. The molecule has 1 atom stereocenters. The van der Waals surface area contributed by atoms with Crippen molar-refractivity contribution in [1.29, 1.82) is 0 Å². The van der Waals surface area contributed by atoms with Gasteiger partial charge in [-0.25, -0.2) is 0 Å². The largest absolute Gasteiger partial charge is 0.271 e. The summed E-state index contributed by atoms with van der Waals surface area (Å²) in [7, 11) is 0. The maximum absolute atomic E-state index is 5.67. The van der Waals surface area contributed by atoms with Crippen LogP contribution in [0.3, 0.4) is 0 Å². The minimum Gasteiger partial charge on any atom is -0.271 e. The van der Waals surface area contributed by atoms with Crippen molar-refractivity contribution in [1.82, 2.24) is 10.4 Å². The summed E-state index contributed by atoms with van der Waals surface area (Å²) in [5, 5.41) is 0. The van der Waals surface area contributed by atoms with Gasteiger partial charge in [-0.3, -0.25) is 16.3 Å². The van der Waals surface area contributed by atoms with E-state index < -0.39 is 0 Å². The standard InChI is InChI=1S/C15H19N3/c1-12-11-17-10-9-14(12)15(18-16)8-7-13-5-3-2-4-6-13/h2-6,9-11,15,18H,7-8,16H2,1H3. The third-order valence-corrected chi connectivity index (χ3v) is 3.20. The van der Waals surface area contributed by atoms with Crippen LogP contribution < -0.4 is 11.3 Å². The molecule has 1 aromatic heterocycles. The molecule has 1 heterocycles. The van der Waals surface area contributed by atoms with E-state index in [0.717, 1.165) is 12.8 Å². The van der Waals surface area contributed by atoms with Gasteiger partial charge in [-0.1, -0.05) is 30.3 Å². The van der Waals surface area contributed by atoms with Crippen LogP contribution in [0.25, 0.3) is 0 Å². The van der Waals surface area contributed by atoms with Crippen LogP contribution in [0, 0.1) is 6.92 Å². The predicted octanol–water partition coefficient (Wildman–Crippen LogP) is 2.53. The SMILES string of the molecule is Cc1cnccc1C(CCc1ccccc1)NN. The molecule has 0 saturated heterocycles. The molecule has 2 aromatic rings. The first-order valence-corrected chi connectivity index (χ1v) is 6.22. The summed E-state index contributed by atoms with van der Waals surface area (Å²) in [4.78, 5) is 4.11. The first kappa shape index (κ1) is 12.7. The molecule has 0 aliphatic carbocycles. The minimum absolute atomic E-state index is 0.174. The van der Waals surface area contributed by atoms with Gasteiger partial charge >= 0.3 is 0 Å². The Morgan fingerprint density at radius 2 is 2.00 bits per heavy atom. The number of nitrogens with two attached hydrogens (primary N) is 1. The van der Waals surface area contributed by atoms with E-state index in [1.165, 1.54) is 16.7 Å². The molecule has 94 valence electrons. The van der Waals surface area contributed by atoms with Crippen molar-refractivity contribution < 1.29 is 0 Å². The van der Waals surface area contributed by atoms with Gasteiger partial charge < -0.3 is 0 Å². The summed E-state index contributed by atoms with van der Waals surface area (Å²) < 4.78 is 0. The fourth-order valence-electron chi connectivity index (χ4n) is 2.16. The fraction of sp³-hybridized carbons (Fsp3) is 0.267. The van der Waals surface area contributed by atoms with Crippen LogP contribution >= 0.6 is 0 Å². The van der Waals surface area contributed by atoms with E-state index in [1.807, 2.05) is 24.5 Å². The molecule has 3 N–H and O–H groups in total. The third kappa shape index (κ3) is 3.15. The molecule has 3 heteroatoms. The predicted molar refractivity (Wildman–Crippen MR) is 73.8 cm³/mol. The monoisotopic (exact) mass is 241 g/mol. The smallest absolute Gasteiger partial charge is 0.0466 e. The van der Waals surface area contributed by atoms with Gasteiger partial charge in [0.05, 0.1) is 0 Å². The summed E-state index contributed by atoms with van der Waals surface area (Å²) in [5.74, 6) is 5.67. The summed E-state index contributed by atoms with van der Waals surface area (Å²) >= 11 is 0. The Labute approximate surface area is 108 Å².